The van der Waals surface area contributed by atoms with Crippen molar-refractivity contribution in [1.29, 1.82) is 0 Å². The molecule has 1 nitrogen and oxygen atoms in total. The maximum Gasteiger partial charge on any atom is 0.0712 e. The van der Waals surface area contributed by atoms with Gasteiger partial charge in [-0.1, -0.05) is 40.9 Å². The zero-order valence-electron chi connectivity index (χ0n) is 10.0. The van der Waals surface area contributed by atoms with Crippen molar-refractivity contribution in [2.24, 2.45) is 0 Å². The van der Waals surface area contributed by atoms with Gasteiger partial charge in [-0.05, 0) is 43.6 Å². The van der Waals surface area contributed by atoms with Gasteiger partial charge in [0.1, 0.15) is 0 Å². The molecule has 2 rings (SSSR count). The number of halogens is 2. The van der Waals surface area contributed by atoms with E-state index in [1.165, 1.54) is 44.3 Å². The normalized spacial score (nSPS) is 19.9. The maximum absolute atomic E-state index is 6.49. The lowest BCUT2D eigenvalue weighted by Gasteiger charge is -2.22. The second-order valence-electron chi connectivity index (χ2n) is 4.73. The molecule has 0 N–H and O–H groups in total. The Hall–Kier alpha value is -0.0500. The molecule has 0 saturated carbocycles. The minimum atomic E-state index is 0.112. The van der Waals surface area contributed by atoms with Gasteiger partial charge in [0.15, 0.2) is 0 Å². The highest BCUT2D eigenvalue weighted by atomic mass is 79.9. The molecule has 3 heteroatoms. The highest BCUT2D eigenvalue weighted by Crippen LogP contribution is 2.24. The Balaban J connectivity index is 1.91. The quantitative estimate of drug-likeness (QED) is 0.736. The standard InChI is InChI=1S/C14H19BrClN/c15-13-7-5-12(6-8-13)14(16)11-17-9-3-1-2-4-10-17/h5-8,14H,1-4,9-11H2. The van der Waals surface area contributed by atoms with Crippen molar-refractivity contribution in [1.82, 2.24) is 4.90 Å². The minimum absolute atomic E-state index is 0.112. The zero-order chi connectivity index (χ0) is 12.1. The summed E-state index contributed by atoms with van der Waals surface area (Å²) in [6, 6.07) is 8.35. The summed E-state index contributed by atoms with van der Waals surface area (Å²) in [5, 5.41) is 0.112. The summed E-state index contributed by atoms with van der Waals surface area (Å²) in [4.78, 5) is 2.51. The molecule has 1 aromatic carbocycles. The number of likely N-dealkylation sites (tertiary alicyclic amines) is 1. The van der Waals surface area contributed by atoms with Gasteiger partial charge in [-0.15, -0.1) is 11.6 Å². The first kappa shape index (κ1) is 13.4. The predicted octanol–water partition coefficient (Wildman–Crippen LogP) is 4.61. The Kier molecular flexibility index (Phi) is 5.33. The van der Waals surface area contributed by atoms with E-state index in [9.17, 15) is 0 Å². The van der Waals surface area contributed by atoms with E-state index in [-0.39, 0.29) is 5.38 Å². The van der Waals surface area contributed by atoms with Crippen LogP contribution >= 0.6 is 27.5 Å². The van der Waals surface area contributed by atoms with Crippen LogP contribution in [0.5, 0.6) is 0 Å². The van der Waals surface area contributed by atoms with E-state index in [4.69, 9.17) is 11.6 Å². The maximum atomic E-state index is 6.49. The van der Waals surface area contributed by atoms with Crippen LogP contribution in [0, 0.1) is 0 Å². The summed E-state index contributed by atoms with van der Waals surface area (Å²) in [6.07, 6.45) is 5.40. The molecular formula is C14H19BrClN. The van der Waals surface area contributed by atoms with Crippen molar-refractivity contribution in [3.8, 4) is 0 Å². The van der Waals surface area contributed by atoms with Crippen molar-refractivity contribution >= 4 is 27.5 Å². The summed E-state index contributed by atoms with van der Waals surface area (Å²) in [5.41, 5.74) is 1.22. The fourth-order valence-corrected chi connectivity index (χ4v) is 2.93. The number of nitrogens with zero attached hydrogens (tertiary/aromatic N) is 1. The Bertz CT molecular complexity index is 331. The molecule has 94 valence electrons. The van der Waals surface area contributed by atoms with E-state index in [1.807, 2.05) is 0 Å². The van der Waals surface area contributed by atoms with Crippen LogP contribution in [0.3, 0.4) is 0 Å². The van der Waals surface area contributed by atoms with Crippen LogP contribution < -0.4 is 0 Å². The van der Waals surface area contributed by atoms with Crippen LogP contribution in [0.25, 0.3) is 0 Å². The van der Waals surface area contributed by atoms with Gasteiger partial charge in [0, 0.05) is 11.0 Å². The van der Waals surface area contributed by atoms with E-state index in [0.717, 1.165) is 11.0 Å². The molecule has 1 heterocycles. The molecule has 0 aliphatic carbocycles. The van der Waals surface area contributed by atoms with Crippen molar-refractivity contribution in [2.45, 2.75) is 31.1 Å². The van der Waals surface area contributed by atoms with Gasteiger partial charge in [0.2, 0.25) is 0 Å². The van der Waals surface area contributed by atoms with Crippen LogP contribution in [0.4, 0.5) is 0 Å². The summed E-state index contributed by atoms with van der Waals surface area (Å²) < 4.78 is 1.11. The molecule has 0 spiro atoms. The number of benzene rings is 1. The first-order chi connectivity index (χ1) is 8.25. The monoisotopic (exact) mass is 315 g/mol. The number of alkyl halides is 1. The van der Waals surface area contributed by atoms with Gasteiger partial charge in [-0.3, -0.25) is 0 Å². The molecule has 0 radical (unpaired) electrons. The first-order valence-corrected chi connectivity index (χ1v) is 7.60. The smallest absolute Gasteiger partial charge is 0.0712 e. The summed E-state index contributed by atoms with van der Waals surface area (Å²) in [5.74, 6) is 0. The van der Waals surface area contributed by atoms with Gasteiger partial charge in [-0.2, -0.15) is 0 Å². The third-order valence-corrected chi connectivity index (χ3v) is 4.27. The molecule has 1 aliphatic rings. The summed E-state index contributed by atoms with van der Waals surface area (Å²) in [7, 11) is 0. The fraction of sp³-hybridized carbons (Fsp3) is 0.571. The van der Waals surface area contributed by atoms with Crippen molar-refractivity contribution in [3.05, 3.63) is 34.3 Å². The van der Waals surface area contributed by atoms with Gasteiger partial charge in [-0.25, -0.2) is 0 Å². The number of rotatable bonds is 3. The molecule has 1 fully saturated rings. The molecular weight excluding hydrogens is 298 g/mol. The van der Waals surface area contributed by atoms with Crippen LogP contribution in [0.2, 0.25) is 0 Å². The lowest BCUT2D eigenvalue weighted by Crippen LogP contribution is -2.28. The molecule has 0 amide bonds. The van der Waals surface area contributed by atoms with Gasteiger partial charge >= 0.3 is 0 Å². The average Bonchev–Trinajstić information content (AvgIpc) is 2.58. The molecule has 1 aromatic rings. The van der Waals surface area contributed by atoms with Gasteiger partial charge < -0.3 is 4.90 Å². The minimum Gasteiger partial charge on any atom is -0.302 e. The molecule has 1 atom stereocenters. The van der Waals surface area contributed by atoms with Crippen molar-refractivity contribution in [2.75, 3.05) is 19.6 Å². The van der Waals surface area contributed by atoms with E-state index in [2.05, 4.69) is 45.1 Å². The second-order valence-corrected chi connectivity index (χ2v) is 6.18. The second kappa shape index (κ2) is 6.77. The highest BCUT2D eigenvalue weighted by Gasteiger charge is 2.15. The van der Waals surface area contributed by atoms with Crippen molar-refractivity contribution < 1.29 is 0 Å². The SMILES string of the molecule is ClC(CN1CCCCCC1)c1ccc(Br)cc1. The van der Waals surface area contributed by atoms with Crippen LogP contribution in [-0.2, 0) is 0 Å². The lowest BCUT2D eigenvalue weighted by atomic mass is 10.1. The lowest BCUT2D eigenvalue weighted by molar-refractivity contribution is 0.285. The average molecular weight is 317 g/mol. The Labute approximate surface area is 117 Å². The third-order valence-electron chi connectivity index (χ3n) is 3.35. The van der Waals surface area contributed by atoms with E-state index in [1.54, 1.807) is 0 Å². The number of hydrogen-bond acceptors (Lipinski definition) is 1. The van der Waals surface area contributed by atoms with Crippen molar-refractivity contribution in [3.63, 3.8) is 0 Å². The van der Waals surface area contributed by atoms with Gasteiger partial charge in [0.25, 0.3) is 0 Å². The molecule has 17 heavy (non-hydrogen) atoms. The Morgan fingerprint density at radius 3 is 2.24 bits per heavy atom. The number of hydrogen-bond donors (Lipinski definition) is 0. The topological polar surface area (TPSA) is 3.24 Å². The van der Waals surface area contributed by atoms with E-state index in [0.29, 0.717) is 0 Å². The fourth-order valence-electron chi connectivity index (χ4n) is 2.32. The van der Waals surface area contributed by atoms with E-state index >= 15 is 0 Å². The molecule has 1 saturated heterocycles. The van der Waals surface area contributed by atoms with Gasteiger partial charge in [0.05, 0.1) is 5.38 Å². The highest BCUT2D eigenvalue weighted by molar-refractivity contribution is 9.10. The Morgan fingerprint density at radius 2 is 1.65 bits per heavy atom. The van der Waals surface area contributed by atoms with Crippen LogP contribution in [-0.4, -0.2) is 24.5 Å². The molecule has 0 aromatic heterocycles. The molecule has 1 unspecified atom stereocenters. The zero-order valence-corrected chi connectivity index (χ0v) is 12.4. The first-order valence-electron chi connectivity index (χ1n) is 6.37. The van der Waals surface area contributed by atoms with Crippen LogP contribution in [0.15, 0.2) is 28.7 Å². The largest absolute Gasteiger partial charge is 0.302 e. The Morgan fingerprint density at radius 1 is 1.06 bits per heavy atom. The molecule has 1 aliphatic heterocycles. The molecule has 0 bridgehead atoms. The van der Waals surface area contributed by atoms with Crippen LogP contribution in [0.1, 0.15) is 36.6 Å². The summed E-state index contributed by atoms with van der Waals surface area (Å²) in [6.45, 7) is 3.39. The third kappa shape index (κ3) is 4.27. The summed E-state index contributed by atoms with van der Waals surface area (Å²) >= 11 is 9.94. The van der Waals surface area contributed by atoms with E-state index < -0.39 is 0 Å². The predicted molar refractivity (Wildman–Crippen MR) is 77.6 cm³/mol.